The second kappa shape index (κ2) is 5.01. The SMILES string of the molecule is Fc1ccc(C(F)(F)F)cc1C(Br)c1cccs1. The largest absolute Gasteiger partial charge is 0.416 e. The summed E-state index contributed by atoms with van der Waals surface area (Å²) >= 11 is 4.58. The fraction of sp³-hybridized carbons (Fsp3) is 0.167. The molecule has 0 saturated carbocycles. The fourth-order valence-corrected chi connectivity index (χ4v) is 3.05. The molecule has 18 heavy (non-hydrogen) atoms. The van der Waals surface area contributed by atoms with Gasteiger partial charge in [0, 0.05) is 10.4 Å². The lowest BCUT2D eigenvalue weighted by molar-refractivity contribution is -0.137. The Morgan fingerprint density at radius 3 is 2.44 bits per heavy atom. The Morgan fingerprint density at radius 1 is 1.17 bits per heavy atom. The van der Waals surface area contributed by atoms with Crippen molar-refractivity contribution < 1.29 is 17.6 Å². The van der Waals surface area contributed by atoms with Crippen molar-refractivity contribution >= 4 is 27.3 Å². The summed E-state index contributed by atoms with van der Waals surface area (Å²) in [6.45, 7) is 0. The molecule has 1 aromatic heterocycles. The molecule has 6 heteroatoms. The van der Waals surface area contributed by atoms with Crippen LogP contribution in [0.4, 0.5) is 17.6 Å². The topological polar surface area (TPSA) is 0 Å². The van der Waals surface area contributed by atoms with Crippen molar-refractivity contribution in [3.63, 3.8) is 0 Å². The Morgan fingerprint density at radius 2 is 1.89 bits per heavy atom. The van der Waals surface area contributed by atoms with E-state index in [1.807, 2.05) is 0 Å². The lowest BCUT2D eigenvalue weighted by atomic mass is 10.1. The second-order valence-corrected chi connectivity index (χ2v) is 5.51. The van der Waals surface area contributed by atoms with E-state index in [1.54, 1.807) is 17.5 Å². The van der Waals surface area contributed by atoms with Gasteiger partial charge in [-0.15, -0.1) is 11.3 Å². The molecule has 0 spiro atoms. The molecule has 0 bridgehead atoms. The standard InChI is InChI=1S/C12H7BrF4S/c13-11(10-2-1-5-18-10)8-6-7(12(15,16)17)3-4-9(8)14/h1-6,11H. The van der Waals surface area contributed by atoms with Crippen LogP contribution in [-0.2, 0) is 6.18 Å². The summed E-state index contributed by atoms with van der Waals surface area (Å²) in [7, 11) is 0. The van der Waals surface area contributed by atoms with E-state index in [9.17, 15) is 17.6 Å². The Hall–Kier alpha value is -0.880. The maximum Gasteiger partial charge on any atom is 0.416 e. The molecule has 0 radical (unpaired) electrons. The minimum Gasteiger partial charge on any atom is -0.207 e. The van der Waals surface area contributed by atoms with Crippen LogP contribution in [-0.4, -0.2) is 0 Å². The summed E-state index contributed by atoms with van der Waals surface area (Å²) in [6, 6.07) is 5.94. The molecule has 1 atom stereocenters. The first-order valence-electron chi connectivity index (χ1n) is 4.93. The van der Waals surface area contributed by atoms with Crippen molar-refractivity contribution in [1.29, 1.82) is 0 Å². The predicted molar refractivity (Wildman–Crippen MR) is 66.5 cm³/mol. The molecule has 0 saturated heterocycles. The molecule has 0 aliphatic rings. The molecular formula is C12H7BrF4S. The summed E-state index contributed by atoms with van der Waals surface area (Å²) < 4.78 is 51.3. The number of rotatable bonds is 2. The Bertz CT molecular complexity index is 534. The number of thiophene rings is 1. The zero-order valence-electron chi connectivity index (χ0n) is 8.84. The number of benzene rings is 1. The third kappa shape index (κ3) is 2.75. The third-order valence-electron chi connectivity index (χ3n) is 2.39. The van der Waals surface area contributed by atoms with Crippen molar-refractivity contribution in [2.24, 2.45) is 0 Å². The molecule has 96 valence electrons. The van der Waals surface area contributed by atoms with Crippen LogP contribution in [0.1, 0.15) is 20.8 Å². The fourth-order valence-electron chi connectivity index (χ4n) is 1.50. The van der Waals surface area contributed by atoms with Gasteiger partial charge in [-0.2, -0.15) is 13.2 Å². The lowest BCUT2D eigenvalue weighted by Crippen LogP contribution is -2.07. The molecule has 0 fully saturated rings. The monoisotopic (exact) mass is 338 g/mol. The van der Waals surface area contributed by atoms with Crippen LogP contribution in [0.5, 0.6) is 0 Å². The highest BCUT2D eigenvalue weighted by Gasteiger charge is 2.32. The molecule has 1 aromatic carbocycles. The summed E-state index contributed by atoms with van der Waals surface area (Å²) in [5.41, 5.74) is -0.854. The minimum absolute atomic E-state index is 0.00715. The molecule has 2 aromatic rings. The number of hydrogen-bond acceptors (Lipinski definition) is 1. The summed E-state index contributed by atoms with van der Waals surface area (Å²) in [4.78, 5) is 0.188. The zero-order valence-corrected chi connectivity index (χ0v) is 11.2. The quantitative estimate of drug-likeness (QED) is 0.508. The predicted octanol–water partition coefficient (Wildman–Crippen LogP) is 5.39. The van der Waals surface area contributed by atoms with E-state index < -0.39 is 22.4 Å². The van der Waals surface area contributed by atoms with Crippen LogP contribution < -0.4 is 0 Å². The van der Waals surface area contributed by atoms with Crippen molar-refractivity contribution in [2.45, 2.75) is 11.0 Å². The summed E-state index contributed by atoms with van der Waals surface area (Å²) in [6.07, 6.45) is -4.47. The molecule has 1 heterocycles. The maximum atomic E-state index is 13.6. The van der Waals surface area contributed by atoms with Crippen molar-refractivity contribution in [1.82, 2.24) is 0 Å². The molecule has 0 aliphatic carbocycles. The van der Waals surface area contributed by atoms with E-state index in [4.69, 9.17) is 0 Å². The third-order valence-corrected chi connectivity index (χ3v) is 4.62. The molecule has 0 N–H and O–H groups in total. The maximum absolute atomic E-state index is 13.6. The molecule has 2 rings (SSSR count). The van der Waals surface area contributed by atoms with Gasteiger partial charge >= 0.3 is 6.18 Å². The Kier molecular flexibility index (Phi) is 3.77. The normalized spacial score (nSPS) is 13.6. The van der Waals surface area contributed by atoms with Crippen molar-refractivity contribution in [3.05, 3.63) is 57.5 Å². The first kappa shape index (κ1) is 13.5. The summed E-state index contributed by atoms with van der Waals surface area (Å²) in [5, 5.41) is 1.79. The smallest absolute Gasteiger partial charge is 0.207 e. The Balaban J connectivity index is 2.44. The highest BCUT2D eigenvalue weighted by Crippen LogP contribution is 2.38. The minimum atomic E-state index is -4.47. The highest BCUT2D eigenvalue weighted by molar-refractivity contribution is 9.09. The average Bonchev–Trinajstić information content (AvgIpc) is 2.80. The first-order chi connectivity index (χ1) is 8.39. The number of alkyl halides is 4. The molecule has 1 unspecified atom stereocenters. The number of hydrogen-bond donors (Lipinski definition) is 0. The van der Waals surface area contributed by atoms with E-state index in [1.165, 1.54) is 11.3 Å². The van der Waals surface area contributed by atoms with Crippen LogP contribution in [0.25, 0.3) is 0 Å². The van der Waals surface area contributed by atoms with Gasteiger partial charge in [-0.25, -0.2) is 4.39 Å². The second-order valence-electron chi connectivity index (χ2n) is 3.61. The van der Waals surface area contributed by atoms with Crippen LogP contribution in [0.3, 0.4) is 0 Å². The summed E-state index contributed by atoms with van der Waals surface area (Å²) in [5.74, 6) is -0.654. The highest BCUT2D eigenvalue weighted by atomic mass is 79.9. The van der Waals surface area contributed by atoms with Gasteiger partial charge < -0.3 is 0 Å². The Labute approximate surface area is 113 Å². The number of halogens is 5. The van der Waals surface area contributed by atoms with Crippen LogP contribution in [0.2, 0.25) is 0 Å². The van der Waals surface area contributed by atoms with Gasteiger partial charge in [0.15, 0.2) is 0 Å². The van der Waals surface area contributed by atoms with Crippen molar-refractivity contribution in [3.8, 4) is 0 Å². The molecule has 0 nitrogen and oxygen atoms in total. The van der Waals surface area contributed by atoms with Gasteiger partial charge in [-0.1, -0.05) is 22.0 Å². The molecular weight excluding hydrogens is 332 g/mol. The van der Waals surface area contributed by atoms with Crippen LogP contribution >= 0.6 is 27.3 Å². The van der Waals surface area contributed by atoms with Gasteiger partial charge in [0.2, 0.25) is 0 Å². The lowest BCUT2D eigenvalue weighted by Gasteiger charge is -2.13. The average molecular weight is 339 g/mol. The van der Waals surface area contributed by atoms with Gasteiger partial charge in [-0.3, -0.25) is 0 Å². The van der Waals surface area contributed by atoms with E-state index >= 15 is 0 Å². The first-order valence-corrected chi connectivity index (χ1v) is 6.73. The van der Waals surface area contributed by atoms with E-state index in [-0.39, 0.29) is 5.56 Å². The van der Waals surface area contributed by atoms with Gasteiger partial charge in [0.1, 0.15) is 5.82 Å². The van der Waals surface area contributed by atoms with E-state index in [0.717, 1.165) is 23.1 Å². The van der Waals surface area contributed by atoms with E-state index in [2.05, 4.69) is 15.9 Å². The molecule has 0 aliphatic heterocycles. The zero-order chi connectivity index (χ0) is 13.3. The van der Waals surface area contributed by atoms with Crippen LogP contribution in [0.15, 0.2) is 35.7 Å². The van der Waals surface area contributed by atoms with Gasteiger partial charge in [0.25, 0.3) is 0 Å². The van der Waals surface area contributed by atoms with Crippen LogP contribution in [0, 0.1) is 5.82 Å². The van der Waals surface area contributed by atoms with E-state index in [0.29, 0.717) is 0 Å². The van der Waals surface area contributed by atoms with Crippen molar-refractivity contribution in [2.75, 3.05) is 0 Å². The van der Waals surface area contributed by atoms with Gasteiger partial charge in [0.05, 0.1) is 10.4 Å². The molecule has 0 amide bonds. The van der Waals surface area contributed by atoms with Gasteiger partial charge in [-0.05, 0) is 29.6 Å².